The molecule has 6 nitrogen and oxygen atoms in total. The van der Waals surface area contributed by atoms with E-state index in [0.717, 1.165) is 21.8 Å². The Kier molecular flexibility index (Phi) is 5.53. The van der Waals surface area contributed by atoms with Gasteiger partial charge in [0.15, 0.2) is 0 Å². The number of fused-ring (bicyclic) bond motifs is 3. The minimum absolute atomic E-state index is 0.204. The molecule has 0 fully saturated rings. The summed E-state index contributed by atoms with van der Waals surface area (Å²) in [6.07, 6.45) is 0.204. The largest absolute Gasteiger partial charge is 0.488 e. The molecule has 144 valence electrons. The van der Waals surface area contributed by atoms with Gasteiger partial charge in [0.05, 0.1) is 10.5 Å². The Labute approximate surface area is 162 Å². The Morgan fingerprint density at radius 2 is 2.07 bits per heavy atom. The van der Waals surface area contributed by atoms with Gasteiger partial charge >= 0.3 is 5.97 Å². The van der Waals surface area contributed by atoms with Gasteiger partial charge in [0.25, 0.3) is 5.91 Å². The molecule has 1 atom stereocenters. The predicted octanol–water partition coefficient (Wildman–Crippen LogP) is 3.70. The van der Waals surface area contributed by atoms with Gasteiger partial charge in [-0.3, -0.25) is 4.79 Å². The number of carboxylic acid groups (broad SMARTS) is 1. The number of thiophene rings is 1. The smallest absolute Gasteiger partial charge is 0.326 e. The number of aliphatic carboxylic acids is 1. The topological polar surface area (TPSA) is 84.9 Å². The van der Waals surface area contributed by atoms with Crippen molar-refractivity contribution in [2.45, 2.75) is 45.4 Å². The van der Waals surface area contributed by atoms with Gasteiger partial charge in [0, 0.05) is 29.0 Å². The third kappa shape index (κ3) is 4.67. The van der Waals surface area contributed by atoms with Crippen LogP contribution in [0, 0.1) is 0 Å². The van der Waals surface area contributed by atoms with Crippen LogP contribution >= 0.6 is 11.3 Å². The lowest BCUT2D eigenvalue weighted by molar-refractivity contribution is -0.140. The minimum atomic E-state index is -1.07. The average Bonchev–Trinajstić information content (AvgIpc) is 3.04. The highest BCUT2D eigenvalue weighted by Gasteiger charge is 2.26. The fraction of sp³-hybridized carbons (Fsp3) is 0.400. The Morgan fingerprint density at radius 1 is 1.33 bits per heavy atom. The number of carboxylic acids is 1. The van der Waals surface area contributed by atoms with E-state index in [4.69, 9.17) is 9.47 Å². The molecular weight excluding hydrogens is 366 g/mol. The molecule has 1 amide bonds. The lowest BCUT2D eigenvalue weighted by atomic mass is 10.1. The van der Waals surface area contributed by atoms with Crippen molar-refractivity contribution in [3.8, 4) is 16.2 Å². The van der Waals surface area contributed by atoms with Crippen LogP contribution in [0.25, 0.3) is 10.4 Å². The van der Waals surface area contributed by atoms with E-state index < -0.39 is 17.9 Å². The van der Waals surface area contributed by atoms with Gasteiger partial charge in [-0.1, -0.05) is 12.1 Å². The van der Waals surface area contributed by atoms with E-state index in [9.17, 15) is 14.7 Å². The summed E-state index contributed by atoms with van der Waals surface area (Å²) in [6, 6.07) is 8.45. The van der Waals surface area contributed by atoms with Gasteiger partial charge in [0.1, 0.15) is 18.4 Å². The molecule has 1 aliphatic heterocycles. The third-order valence-electron chi connectivity index (χ3n) is 4.09. The molecule has 0 radical (unpaired) electrons. The Balaban J connectivity index is 1.71. The van der Waals surface area contributed by atoms with Crippen molar-refractivity contribution in [1.82, 2.24) is 5.32 Å². The number of carbonyl (C=O) groups is 2. The highest BCUT2D eigenvalue weighted by molar-refractivity contribution is 7.17. The van der Waals surface area contributed by atoms with Crippen LogP contribution in [0.15, 0.2) is 30.3 Å². The minimum Gasteiger partial charge on any atom is -0.488 e. The van der Waals surface area contributed by atoms with Crippen molar-refractivity contribution in [2.75, 3.05) is 6.61 Å². The summed E-state index contributed by atoms with van der Waals surface area (Å²) in [5.41, 5.74) is 1.54. The van der Waals surface area contributed by atoms with Crippen LogP contribution in [0.3, 0.4) is 0 Å². The number of benzene rings is 1. The second-order valence-corrected chi connectivity index (χ2v) is 8.42. The molecule has 0 aliphatic carbocycles. The maximum absolute atomic E-state index is 12.6. The maximum Gasteiger partial charge on any atom is 0.326 e. The fourth-order valence-corrected chi connectivity index (χ4v) is 3.88. The molecule has 7 heteroatoms. The number of amides is 1. The SMILES string of the molecule is CC(C)(C)OCCC(NC(=O)c1cc2c(s1)-c1ccccc1OC2)C(=O)O. The van der Waals surface area contributed by atoms with Crippen molar-refractivity contribution in [1.29, 1.82) is 0 Å². The number of carbonyl (C=O) groups excluding carboxylic acids is 1. The first-order valence-corrected chi connectivity index (χ1v) is 9.59. The summed E-state index contributed by atoms with van der Waals surface area (Å²) in [4.78, 5) is 25.6. The number of para-hydroxylation sites is 1. The molecule has 3 rings (SSSR count). The van der Waals surface area contributed by atoms with Crippen LogP contribution in [-0.4, -0.2) is 35.2 Å². The molecule has 27 heavy (non-hydrogen) atoms. The van der Waals surface area contributed by atoms with Crippen LogP contribution < -0.4 is 10.1 Å². The molecule has 1 aliphatic rings. The monoisotopic (exact) mass is 389 g/mol. The van der Waals surface area contributed by atoms with E-state index in [1.54, 1.807) is 6.07 Å². The number of hydrogen-bond donors (Lipinski definition) is 2. The first-order chi connectivity index (χ1) is 12.7. The van der Waals surface area contributed by atoms with Gasteiger partial charge in [-0.25, -0.2) is 4.79 Å². The fourth-order valence-electron chi connectivity index (χ4n) is 2.78. The van der Waals surface area contributed by atoms with E-state index in [2.05, 4.69) is 5.32 Å². The predicted molar refractivity (Wildman–Crippen MR) is 103 cm³/mol. The first-order valence-electron chi connectivity index (χ1n) is 8.77. The summed E-state index contributed by atoms with van der Waals surface area (Å²) >= 11 is 1.35. The molecule has 1 unspecified atom stereocenters. The number of ether oxygens (including phenoxy) is 2. The van der Waals surface area contributed by atoms with Crippen molar-refractivity contribution in [2.24, 2.45) is 0 Å². The number of rotatable bonds is 6. The van der Waals surface area contributed by atoms with Gasteiger partial charge in [-0.15, -0.1) is 11.3 Å². The second-order valence-electron chi connectivity index (χ2n) is 7.36. The molecule has 2 aromatic rings. The van der Waals surface area contributed by atoms with Gasteiger partial charge < -0.3 is 19.9 Å². The van der Waals surface area contributed by atoms with Crippen LogP contribution in [0.4, 0.5) is 0 Å². The van der Waals surface area contributed by atoms with E-state index in [-0.39, 0.29) is 18.6 Å². The zero-order chi connectivity index (χ0) is 19.6. The zero-order valence-electron chi connectivity index (χ0n) is 15.6. The summed E-state index contributed by atoms with van der Waals surface area (Å²) in [5.74, 6) is -0.674. The lowest BCUT2D eigenvalue weighted by Crippen LogP contribution is -2.41. The standard InChI is InChI=1S/C20H23NO5S/c1-20(2,3)26-9-8-14(19(23)24)21-18(22)16-10-12-11-25-15-7-5-4-6-13(15)17(12)27-16/h4-7,10,14H,8-9,11H2,1-3H3,(H,21,22)(H,23,24). The molecule has 0 bridgehead atoms. The Morgan fingerprint density at radius 3 is 2.78 bits per heavy atom. The average molecular weight is 389 g/mol. The third-order valence-corrected chi connectivity index (χ3v) is 5.30. The van der Waals surface area contributed by atoms with Crippen LogP contribution in [-0.2, 0) is 16.1 Å². The molecule has 0 spiro atoms. The van der Waals surface area contributed by atoms with Crippen LogP contribution in [0.5, 0.6) is 5.75 Å². The highest BCUT2D eigenvalue weighted by Crippen LogP contribution is 2.42. The molecule has 2 N–H and O–H groups in total. The van der Waals surface area contributed by atoms with Gasteiger partial charge in [0.2, 0.25) is 0 Å². The number of hydrogen-bond acceptors (Lipinski definition) is 5. The summed E-state index contributed by atoms with van der Waals surface area (Å²) in [6.45, 7) is 6.35. The zero-order valence-corrected chi connectivity index (χ0v) is 16.4. The molecule has 0 saturated heterocycles. The van der Waals surface area contributed by atoms with E-state index >= 15 is 0 Å². The van der Waals surface area contributed by atoms with Crippen molar-refractivity contribution >= 4 is 23.2 Å². The highest BCUT2D eigenvalue weighted by atomic mass is 32.1. The summed E-state index contributed by atoms with van der Waals surface area (Å²) in [5, 5.41) is 12.0. The van der Waals surface area contributed by atoms with E-state index in [0.29, 0.717) is 11.5 Å². The molecular formula is C20H23NO5S. The molecule has 1 aromatic heterocycles. The van der Waals surface area contributed by atoms with Crippen molar-refractivity contribution in [3.63, 3.8) is 0 Å². The maximum atomic E-state index is 12.6. The first kappa shape index (κ1) is 19.4. The lowest BCUT2D eigenvalue weighted by Gasteiger charge is -2.21. The molecule has 0 saturated carbocycles. The normalized spacial score (nSPS) is 13.9. The van der Waals surface area contributed by atoms with Gasteiger partial charge in [-0.05, 0) is 39.0 Å². The summed E-state index contributed by atoms with van der Waals surface area (Å²) in [7, 11) is 0. The van der Waals surface area contributed by atoms with Crippen molar-refractivity contribution < 1.29 is 24.2 Å². The van der Waals surface area contributed by atoms with Crippen LogP contribution in [0.2, 0.25) is 0 Å². The molecule has 1 aromatic carbocycles. The van der Waals surface area contributed by atoms with Crippen LogP contribution in [0.1, 0.15) is 42.4 Å². The Hall–Kier alpha value is -2.38. The number of nitrogens with one attached hydrogen (secondary N) is 1. The quantitative estimate of drug-likeness (QED) is 0.787. The Bertz CT molecular complexity index is 852. The van der Waals surface area contributed by atoms with Crippen molar-refractivity contribution in [3.05, 3.63) is 40.8 Å². The van der Waals surface area contributed by atoms with E-state index in [1.807, 2.05) is 45.0 Å². The van der Waals surface area contributed by atoms with E-state index in [1.165, 1.54) is 11.3 Å². The second kappa shape index (κ2) is 7.70. The van der Waals surface area contributed by atoms with Gasteiger partial charge in [-0.2, -0.15) is 0 Å². The summed E-state index contributed by atoms with van der Waals surface area (Å²) < 4.78 is 11.3. The molecule has 2 heterocycles.